The summed E-state index contributed by atoms with van der Waals surface area (Å²) in [6.45, 7) is 0. The molecule has 0 amide bonds. The number of nitrogens with zero attached hydrogens (tertiary/aromatic N) is 1. The van der Waals surface area contributed by atoms with Gasteiger partial charge in [0.05, 0.1) is 12.0 Å². The van der Waals surface area contributed by atoms with Gasteiger partial charge < -0.3 is 0 Å². The lowest BCUT2D eigenvalue weighted by molar-refractivity contribution is 0.385. The highest BCUT2D eigenvalue weighted by molar-refractivity contribution is 7.99. The first-order valence-corrected chi connectivity index (χ1v) is 6.98. The normalized spacial score (nSPS) is 31.2. The molecular weight excluding hydrogens is 190 g/mol. The molecule has 2 fully saturated rings. The van der Waals surface area contributed by atoms with Crippen LogP contribution in [-0.2, 0) is 0 Å². The summed E-state index contributed by atoms with van der Waals surface area (Å²) in [6, 6.07) is 2.59. The van der Waals surface area contributed by atoms with Gasteiger partial charge in [0, 0.05) is 5.25 Å². The van der Waals surface area contributed by atoms with Gasteiger partial charge in [0.15, 0.2) is 0 Å². The monoisotopic (exact) mass is 209 g/mol. The van der Waals surface area contributed by atoms with E-state index in [-0.39, 0.29) is 0 Å². The zero-order chi connectivity index (χ0) is 9.80. The van der Waals surface area contributed by atoms with Crippen LogP contribution in [0.3, 0.4) is 0 Å². The second-order valence-electron chi connectivity index (χ2n) is 4.60. The molecule has 0 N–H and O–H groups in total. The molecule has 1 nitrogen and oxygen atoms in total. The van der Waals surface area contributed by atoms with Crippen molar-refractivity contribution in [3.63, 3.8) is 0 Å². The number of nitriles is 1. The Morgan fingerprint density at radius 2 is 1.79 bits per heavy atom. The van der Waals surface area contributed by atoms with E-state index in [4.69, 9.17) is 0 Å². The van der Waals surface area contributed by atoms with Crippen LogP contribution in [0.1, 0.15) is 44.9 Å². The van der Waals surface area contributed by atoms with Crippen molar-refractivity contribution in [1.82, 2.24) is 0 Å². The van der Waals surface area contributed by atoms with Gasteiger partial charge in [-0.05, 0) is 37.4 Å². The fourth-order valence-electron chi connectivity index (χ4n) is 2.86. The second kappa shape index (κ2) is 5.07. The van der Waals surface area contributed by atoms with Crippen molar-refractivity contribution in [1.29, 1.82) is 5.26 Å². The minimum absolute atomic E-state index is 0.364. The van der Waals surface area contributed by atoms with Crippen LogP contribution in [0, 0.1) is 23.2 Å². The van der Waals surface area contributed by atoms with Crippen LogP contribution in [0.2, 0.25) is 0 Å². The molecule has 78 valence electrons. The molecule has 1 aliphatic carbocycles. The largest absolute Gasteiger partial charge is 0.198 e. The molecule has 1 saturated heterocycles. The Balaban J connectivity index is 1.93. The van der Waals surface area contributed by atoms with Crippen molar-refractivity contribution < 1.29 is 0 Å². The van der Waals surface area contributed by atoms with Gasteiger partial charge in [-0.2, -0.15) is 17.0 Å². The van der Waals surface area contributed by atoms with Crippen LogP contribution in [0.5, 0.6) is 0 Å². The van der Waals surface area contributed by atoms with E-state index in [0.29, 0.717) is 11.2 Å². The Morgan fingerprint density at radius 1 is 1.07 bits per heavy atom. The summed E-state index contributed by atoms with van der Waals surface area (Å²) in [5, 5.41) is 9.94. The molecule has 0 radical (unpaired) electrons. The summed E-state index contributed by atoms with van der Waals surface area (Å²) in [5.41, 5.74) is 0. The van der Waals surface area contributed by atoms with Crippen LogP contribution in [0.4, 0.5) is 0 Å². The van der Waals surface area contributed by atoms with Gasteiger partial charge in [0.1, 0.15) is 0 Å². The van der Waals surface area contributed by atoms with E-state index >= 15 is 0 Å². The molecule has 2 unspecified atom stereocenters. The lowest BCUT2D eigenvalue weighted by Crippen LogP contribution is -2.25. The molecule has 0 bridgehead atoms. The average Bonchev–Trinajstić information content (AvgIpc) is 2.74. The fourth-order valence-corrected chi connectivity index (χ4v) is 4.35. The Kier molecular flexibility index (Phi) is 3.75. The Labute approximate surface area is 91.3 Å². The van der Waals surface area contributed by atoms with Crippen molar-refractivity contribution in [2.75, 3.05) is 5.75 Å². The molecule has 2 rings (SSSR count). The highest BCUT2D eigenvalue weighted by Gasteiger charge is 2.32. The Morgan fingerprint density at radius 3 is 2.36 bits per heavy atom. The third-order valence-corrected chi connectivity index (χ3v) is 5.15. The van der Waals surface area contributed by atoms with E-state index in [2.05, 4.69) is 17.8 Å². The van der Waals surface area contributed by atoms with Crippen molar-refractivity contribution in [3.8, 4) is 6.07 Å². The lowest BCUT2D eigenvalue weighted by Gasteiger charge is -2.28. The van der Waals surface area contributed by atoms with Gasteiger partial charge in [-0.3, -0.25) is 0 Å². The fraction of sp³-hybridized carbons (Fsp3) is 0.917. The minimum atomic E-state index is 0.364. The number of rotatable bonds is 2. The van der Waals surface area contributed by atoms with Gasteiger partial charge >= 0.3 is 0 Å². The van der Waals surface area contributed by atoms with Crippen LogP contribution < -0.4 is 0 Å². The molecule has 0 aromatic carbocycles. The smallest absolute Gasteiger partial charge is 0.0670 e. The van der Waals surface area contributed by atoms with Gasteiger partial charge in [-0.25, -0.2) is 0 Å². The number of hydrogen-bond donors (Lipinski definition) is 0. The zero-order valence-corrected chi connectivity index (χ0v) is 9.56. The number of thioether (sulfide) groups is 1. The van der Waals surface area contributed by atoms with Crippen molar-refractivity contribution in [2.24, 2.45) is 11.8 Å². The third-order valence-electron chi connectivity index (χ3n) is 3.67. The van der Waals surface area contributed by atoms with E-state index in [1.165, 1.54) is 50.7 Å². The van der Waals surface area contributed by atoms with Crippen molar-refractivity contribution in [3.05, 3.63) is 0 Å². The highest BCUT2D eigenvalue weighted by atomic mass is 32.2. The summed E-state index contributed by atoms with van der Waals surface area (Å²) in [5.74, 6) is 2.38. The van der Waals surface area contributed by atoms with Gasteiger partial charge in [-0.1, -0.05) is 19.3 Å². The van der Waals surface area contributed by atoms with Crippen LogP contribution in [0.25, 0.3) is 0 Å². The average molecular weight is 209 g/mol. The highest BCUT2D eigenvalue weighted by Crippen LogP contribution is 2.40. The summed E-state index contributed by atoms with van der Waals surface area (Å²) < 4.78 is 0. The van der Waals surface area contributed by atoms with Crippen LogP contribution in [0.15, 0.2) is 0 Å². The topological polar surface area (TPSA) is 23.8 Å². The summed E-state index contributed by atoms with van der Waals surface area (Å²) in [6.07, 6.45) is 9.36. The predicted octanol–water partition coefficient (Wildman–Crippen LogP) is 3.60. The maximum absolute atomic E-state index is 9.28. The molecule has 2 aliphatic rings. The Bertz CT molecular complexity index is 209. The van der Waals surface area contributed by atoms with E-state index in [1.807, 2.05) is 0 Å². The first-order valence-electron chi connectivity index (χ1n) is 5.93. The molecule has 0 spiro atoms. The molecule has 2 atom stereocenters. The van der Waals surface area contributed by atoms with E-state index in [0.717, 1.165) is 5.92 Å². The Hall–Kier alpha value is -0.160. The summed E-state index contributed by atoms with van der Waals surface area (Å²) in [4.78, 5) is 0. The second-order valence-corrected chi connectivity index (χ2v) is 5.95. The summed E-state index contributed by atoms with van der Waals surface area (Å²) in [7, 11) is 0. The molecule has 0 aromatic rings. The standard InChI is InChI=1S/C12H19NS/c13-9-11(10-5-1-2-6-10)12-7-3-4-8-14-12/h10-12H,1-8H2. The van der Waals surface area contributed by atoms with Gasteiger partial charge in [0.2, 0.25) is 0 Å². The van der Waals surface area contributed by atoms with Crippen molar-refractivity contribution in [2.45, 2.75) is 50.2 Å². The molecule has 1 heterocycles. The quantitative estimate of drug-likeness (QED) is 0.694. The van der Waals surface area contributed by atoms with E-state index in [1.54, 1.807) is 0 Å². The zero-order valence-electron chi connectivity index (χ0n) is 8.74. The molecule has 1 aliphatic heterocycles. The van der Waals surface area contributed by atoms with Gasteiger partial charge in [-0.15, -0.1) is 0 Å². The predicted molar refractivity (Wildman–Crippen MR) is 61.2 cm³/mol. The maximum Gasteiger partial charge on any atom is 0.0670 e. The summed E-state index contributed by atoms with van der Waals surface area (Å²) >= 11 is 2.06. The SMILES string of the molecule is N#CC(C1CCCC1)C1CCCCS1. The lowest BCUT2D eigenvalue weighted by atomic mass is 9.87. The van der Waals surface area contributed by atoms with Crippen LogP contribution in [-0.4, -0.2) is 11.0 Å². The number of hydrogen-bond acceptors (Lipinski definition) is 2. The van der Waals surface area contributed by atoms with E-state index in [9.17, 15) is 5.26 Å². The third kappa shape index (κ3) is 2.25. The van der Waals surface area contributed by atoms with Crippen LogP contribution >= 0.6 is 11.8 Å². The van der Waals surface area contributed by atoms with Crippen molar-refractivity contribution >= 4 is 11.8 Å². The molecule has 14 heavy (non-hydrogen) atoms. The maximum atomic E-state index is 9.28. The molecule has 2 heteroatoms. The van der Waals surface area contributed by atoms with Gasteiger partial charge in [0.25, 0.3) is 0 Å². The first kappa shape index (κ1) is 10.4. The molecule has 0 aromatic heterocycles. The van der Waals surface area contributed by atoms with E-state index < -0.39 is 0 Å². The molecular formula is C12H19NS. The first-order chi connectivity index (χ1) is 6.92. The minimum Gasteiger partial charge on any atom is -0.198 e. The molecule has 1 saturated carbocycles.